The Labute approximate surface area is 94.0 Å². The van der Waals surface area contributed by atoms with Crippen molar-refractivity contribution in [2.45, 2.75) is 5.25 Å². The summed E-state index contributed by atoms with van der Waals surface area (Å²) in [6.07, 6.45) is 0. The van der Waals surface area contributed by atoms with E-state index >= 15 is 0 Å². The molecule has 7 heteroatoms. The zero-order valence-corrected chi connectivity index (χ0v) is 9.30. The number of hydrogen-bond acceptors (Lipinski definition) is 3. The van der Waals surface area contributed by atoms with Gasteiger partial charge in [0.2, 0.25) is 5.17 Å². The van der Waals surface area contributed by atoms with Crippen molar-refractivity contribution >= 4 is 16.0 Å². The molecule has 0 saturated carbocycles. The number of rotatable bonds is 2. The Hall–Kier alpha value is -1.34. The van der Waals surface area contributed by atoms with Gasteiger partial charge in [-0.25, -0.2) is 10.1 Å². The molecule has 1 aromatic carbocycles. The topological polar surface area (TPSA) is 67.5 Å². The highest BCUT2D eigenvalue weighted by molar-refractivity contribution is 8.01. The molecule has 0 aliphatic heterocycles. The van der Waals surface area contributed by atoms with Crippen LogP contribution in [0.2, 0.25) is 0 Å². The Morgan fingerprint density at radius 2 is 2.00 bits per heavy atom. The average Bonchev–Trinajstić information content (AvgIpc) is 2.31. The summed E-state index contributed by atoms with van der Waals surface area (Å²) in [5.41, 5.74) is 1.55. The first kappa shape index (κ1) is 12.7. The molecular weight excluding hydrogens is 236 g/mol. The van der Waals surface area contributed by atoms with Crippen molar-refractivity contribution in [3.8, 4) is 0 Å². The monoisotopic (exact) mass is 247 g/mol. The van der Waals surface area contributed by atoms with Crippen LogP contribution in [0.25, 0.3) is 0 Å². The third kappa shape index (κ3) is 2.42. The smallest absolute Gasteiger partial charge is 0.301 e. The number of nitrogens with two attached hydrogens (primary N) is 1. The van der Waals surface area contributed by atoms with Crippen LogP contribution in [0.1, 0.15) is 5.56 Å². The van der Waals surface area contributed by atoms with E-state index in [4.69, 9.17) is 5.84 Å². The maximum absolute atomic E-state index is 13.7. The van der Waals surface area contributed by atoms with Gasteiger partial charge >= 0.3 is 5.25 Å². The van der Waals surface area contributed by atoms with Crippen LogP contribution < -0.4 is 11.3 Å². The molecule has 0 saturated heterocycles. The van der Waals surface area contributed by atoms with Crippen molar-refractivity contribution in [3.05, 3.63) is 35.9 Å². The summed E-state index contributed by atoms with van der Waals surface area (Å²) in [4.78, 5) is 3.40. The fraction of sp³-hybridized carbons (Fsp3) is 0.222. The van der Waals surface area contributed by atoms with Gasteiger partial charge in [0.1, 0.15) is 0 Å². The van der Waals surface area contributed by atoms with Gasteiger partial charge in [0.15, 0.2) is 10.8 Å². The predicted molar refractivity (Wildman–Crippen MR) is 59.2 cm³/mol. The van der Waals surface area contributed by atoms with Gasteiger partial charge in [-0.1, -0.05) is 30.3 Å². The fourth-order valence-corrected chi connectivity index (χ4v) is 1.93. The van der Waals surface area contributed by atoms with E-state index in [1.807, 2.05) is 5.43 Å². The van der Waals surface area contributed by atoms with Crippen LogP contribution in [-0.4, -0.2) is 16.4 Å². The van der Waals surface area contributed by atoms with Gasteiger partial charge in [-0.2, -0.15) is 8.78 Å². The molecule has 1 unspecified atom stereocenters. The summed E-state index contributed by atoms with van der Waals surface area (Å²) in [7, 11) is -1.41. The molecule has 0 fully saturated rings. The summed E-state index contributed by atoms with van der Waals surface area (Å²) < 4.78 is 38.9. The molecule has 0 aliphatic carbocycles. The van der Waals surface area contributed by atoms with E-state index in [1.54, 1.807) is 6.07 Å². The number of halogens is 2. The van der Waals surface area contributed by atoms with Gasteiger partial charge in [0.25, 0.3) is 0 Å². The highest BCUT2D eigenvalue weighted by Gasteiger charge is 2.41. The first-order chi connectivity index (χ1) is 7.54. The molecule has 0 aliphatic rings. The lowest BCUT2D eigenvalue weighted by molar-refractivity contribution is 0.0996. The predicted octanol–water partition coefficient (Wildman–Crippen LogP) is 0.934. The lowest BCUT2D eigenvalue weighted by Gasteiger charge is -2.16. The molecule has 1 atom stereocenters. The second-order valence-corrected chi connectivity index (χ2v) is 4.26. The van der Waals surface area contributed by atoms with E-state index in [9.17, 15) is 13.0 Å². The van der Waals surface area contributed by atoms with E-state index in [2.05, 4.69) is 4.99 Å². The molecular formula is C9H11F2N3OS. The molecule has 1 rings (SSSR count). The van der Waals surface area contributed by atoms with Crippen molar-refractivity contribution in [3.63, 3.8) is 0 Å². The Morgan fingerprint density at radius 1 is 1.44 bits per heavy atom. The Bertz CT molecular complexity index is 408. The first-order valence-electron chi connectivity index (χ1n) is 4.32. The number of hydrazine groups is 1. The van der Waals surface area contributed by atoms with Gasteiger partial charge in [-0.3, -0.25) is 4.99 Å². The first-order valence-corrected chi connectivity index (χ1v) is 5.47. The molecule has 88 valence electrons. The van der Waals surface area contributed by atoms with Gasteiger partial charge in [-0.15, -0.1) is 0 Å². The van der Waals surface area contributed by atoms with Crippen LogP contribution in [0.4, 0.5) is 8.78 Å². The fourth-order valence-electron chi connectivity index (χ4n) is 1.06. The number of hydrogen-bond donors (Lipinski definition) is 2. The van der Waals surface area contributed by atoms with Crippen molar-refractivity contribution in [2.24, 2.45) is 10.8 Å². The number of amidine groups is 1. The third-order valence-corrected chi connectivity index (χ3v) is 3.20. The van der Waals surface area contributed by atoms with Gasteiger partial charge in [-0.05, 0) is 0 Å². The van der Waals surface area contributed by atoms with Crippen molar-refractivity contribution < 1.29 is 13.0 Å². The third-order valence-electron chi connectivity index (χ3n) is 1.84. The molecule has 0 aromatic heterocycles. The number of nitrogens with zero attached hydrogens (tertiary/aromatic N) is 1. The maximum Gasteiger partial charge on any atom is 0.353 e. The molecule has 3 N–H and O–H groups in total. The molecule has 0 radical (unpaired) electrons. The molecule has 0 bridgehead atoms. The van der Waals surface area contributed by atoms with Crippen LogP contribution in [0.15, 0.2) is 35.3 Å². The largest absolute Gasteiger partial charge is 0.353 e. The summed E-state index contributed by atoms with van der Waals surface area (Å²) in [6.45, 7) is 0. The number of nitrogens with one attached hydrogen (secondary N) is 1. The van der Waals surface area contributed by atoms with Gasteiger partial charge in [0.05, 0.1) is 0 Å². The quantitative estimate of drug-likeness (QED) is 0.353. The number of alkyl halides is 2. The van der Waals surface area contributed by atoms with E-state index in [0.29, 0.717) is 0 Å². The highest BCUT2D eigenvalue weighted by atomic mass is 32.2. The normalized spacial score (nSPS) is 14.6. The highest BCUT2D eigenvalue weighted by Crippen LogP contribution is 2.31. The zero-order valence-electron chi connectivity index (χ0n) is 8.48. The van der Waals surface area contributed by atoms with Crippen molar-refractivity contribution in [1.82, 2.24) is 5.43 Å². The van der Waals surface area contributed by atoms with Gasteiger partial charge in [0, 0.05) is 12.6 Å². The summed E-state index contributed by atoms with van der Waals surface area (Å²) in [5.74, 6) is 4.95. The standard InChI is InChI=1S/C9H11F2N3OS/c1-13-8(14-12)16(15)9(10,11)7-5-3-2-4-6-7/h2-6H,12H2,1H3,(H,13,14). The molecule has 0 spiro atoms. The van der Waals surface area contributed by atoms with E-state index < -0.39 is 21.2 Å². The minimum absolute atomic E-state index is 0.343. The van der Waals surface area contributed by atoms with E-state index in [1.165, 1.54) is 31.3 Å². The Kier molecular flexibility index (Phi) is 4.08. The molecule has 16 heavy (non-hydrogen) atoms. The van der Waals surface area contributed by atoms with Crippen LogP contribution >= 0.6 is 0 Å². The molecule has 1 aromatic rings. The molecule has 0 amide bonds. The minimum atomic E-state index is -3.53. The summed E-state index contributed by atoms with van der Waals surface area (Å²) in [5, 5.41) is -3.98. The Morgan fingerprint density at radius 3 is 2.44 bits per heavy atom. The maximum atomic E-state index is 13.7. The summed E-state index contributed by atoms with van der Waals surface area (Å²) in [6, 6.07) is 6.88. The summed E-state index contributed by atoms with van der Waals surface area (Å²) >= 11 is 0. The van der Waals surface area contributed by atoms with Gasteiger partial charge < -0.3 is 5.43 Å². The molecule has 4 nitrogen and oxygen atoms in total. The number of aliphatic imine (C=N–C) groups is 1. The van der Waals surface area contributed by atoms with Crippen molar-refractivity contribution in [2.75, 3.05) is 7.05 Å². The second kappa shape index (κ2) is 5.13. The van der Waals surface area contributed by atoms with Crippen LogP contribution in [0, 0.1) is 0 Å². The minimum Gasteiger partial charge on any atom is -0.301 e. The van der Waals surface area contributed by atoms with Crippen molar-refractivity contribution in [1.29, 1.82) is 0 Å². The SMILES string of the molecule is CN=C(NN)S(=O)C(F)(F)c1ccccc1. The van der Waals surface area contributed by atoms with Crippen LogP contribution in [0.3, 0.4) is 0 Å². The van der Waals surface area contributed by atoms with E-state index in [0.717, 1.165) is 0 Å². The number of benzene rings is 1. The second-order valence-electron chi connectivity index (χ2n) is 2.82. The zero-order chi connectivity index (χ0) is 12.2. The lowest BCUT2D eigenvalue weighted by atomic mass is 10.2. The van der Waals surface area contributed by atoms with Crippen LogP contribution in [0.5, 0.6) is 0 Å². The average molecular weight is 247 g/mol. The Balaban J connectivity index is 3.08. The van der Waals surface area contributed by atoms with Crippen LogP contribution in [-0.2, 0) is 16.1 Å². The van der Waals surface area contributed by atoms with E-state index in [-0.39, 0.29) is 5.56 Å². The lowest BCUT2D eigenvalue weighted by Crippen LogP contribution is -2.39. The molecule has 0 heterocycles.